The summed E-state index contributed by atoms with van der Waals surface area (Å²) in [6.45, 7) is 6.29. The third-order valence-corrected chi connectivity index (χ3v) is 3.64. The van der Waals surface area contributed by atoms with Gasteiger partial charge in [-0.2, -0.15) is 0 Å². The van der Waals surface area contributed by atoms with E-state index in [4.69, 9.17) is 5.73 Å². The summed E-state index contributed by atoms with van der Waals surface area (Å²) in [5.41, 5.74) is 6.24. The van der Waals surface area contributed by atoms with Crippen LogP contribution in [-0.4, -0.2) is 5.91 Å². The van der Waals surface area contributed by atoms with E-state index in [-0.39, 0.29) is 11.8 Å². The van der Waals surface area contributed by atoms with E-state index in [9.17, 15) is 4.79 Å². The molecule has 0 aliphatic carbocycles. The first-order chi connectivity index (χ1) is 8.05. The number of carbonyl (C=O) groups excluding carboxylic acids is 1. The van der Waals surface area contributed by atoms with Crippen molar-refractivity contribution in [1.82, 2.24) is 0 Å². The molecule has 17 heavy (non-hydrogen) atoms. The molecule has 0 saturated carbocycles. The number of unbranched alkanes of at least 4 members (excludes halogenated alkanes) is 1. The molecule has 1 aromatic rings. The number of rotatable bonds is 6. The maximum absolute atomic E-state index is 12.0. The van der Waals surface area contributed by atoms with E-state index in [2.05, 4.69) is 20.8 Å². The zero-order chi connectivity index (χ0) is 12.9. The SMILES string of the molecule is CCCCC(C(N)=O)(c1ccccc1)C(C)C. The van der Waals surface area contributed by atoms with Gasteiger partial charge < -0.3 is 5.73 Å². The monoisotopic (exact) mass is 233 g/mol. The van der Waals surface area contributed by atoms with Crippen LogP contribution in [0.3, 0.4) is 0 Å². The number of benzene rings is 1. The number of hydrogen-bond donors (Lipinski definition) is 1. The minimum absolute atomic E-state index is 0.202. The molecule has 2 nitrogen and oxygen atoms in total. The van der Waals surface area contributed by atoms with Gasteiger partial charge in [-0.05, 0) is 17.9 Å². The van der Waals surface area contributed by atoms with Crippen molar-refractivity contribution in [2.45, 2.75) is 45.4 Å². The minimum Gasteiger partial charge on any atom is -0.369 e. The van der Waals surface area contributed by atoms with Crippen LogP contribution in [0.5, 0.6) is 0 Å². The predicted molar refractivity (Wildman–Crippen MR) is 71.7 cm³/mol. The van der Waals surface area contributed by atoms with Crippen molar-refractivity contribution in [3.63, 3.8) is 0 Å². The molecule has 1 aromatic carbocycles. The Balaban J connectivity index is 3.20. The topological polar surface area (TPSA) is 43.1 Å². The second kappa shape index (κ2) is 5.85. The molecule has 1 atom stereocenters. The molecule has 2 N–H and O–H groups in total. The number of hydrogen-bond acceptors (Lipinski definition) is 1. The third kappa shape index (κ3) is 2.68. The van der Waals surface area contributed by atoms with Crippen LogP contribution >= 0.6 is 0 Å². The highest BCUT2D eigenvalue weighted by Gasteiger charge is 2.40. The van der Waals surface area contributed by atoms with Crippen molar-refractivity contribution in [1.29, 1.82) is 0 Å². The Kier molecular flexibility index (Phi) is 4.73. The van der Waals surface area contributed by atoms with Gasteiger partial charge in [-0.25, -0.2) is 0 Å². The largest absolute Gasteiger partial charge is 0.369 e. The fraction of sp³-hybridized carbons (Fsp3) is 0.533. The molecule has 0 aliphatic heterocycles. The Bertz CT molecular complexity index is 358. The van der Waals surface area contributed by atoms with Crippen molar-refractivity contribution in [3.05, 3.63) is 35.9 Å². The molecule has 0 aromatic heterocycles. The van der Waals surface area contributed by atoms with Crippen LogP contribution in [-0.2, 0) is 10.2 Å². The molecule has 0 spiro atoms. The highest BCUT2D eigenvalue weighted by atomic mass is 16.1. The van der Waals surface area contributed by atoms with Crippen LogP contribution in [0.15, 0.2) is 30.3 Å². The number of carbonyl (C=O) groups is 1. The Morgan fingerprint density at radius 2 is 1.88 bits per heavy atom. The first kappa shape index (κ1) is 13.8. The average Bonchev–Trinajstić information content (AvgIpc) is 2.30. The smallest absolute Gasteiger partial charge is 0.228 e. The molecular weight excluding hydrogens is 210 g/mol. The van der Waals surface area contributed by atoms with E-state index in [1.807, 2.05) is 30.3 Å². The molecule has 0 saturated heterocycles. The molecule has 0 bridgehead atoms. The third-order valence-electron chi connectivity index (χ3n) is 3.64. The molecule has 94 valence electrons. The standard InChI is InChI=1S/C15H23NO/c1-4-5-11-15(12(2)3,14(16)17)13-9-7-6-8-10-13/h6-10,12H,4-5,11H2,1-3H3,(H2,16,17). The predicted octanol–water partition coefficient (Wildman–Crippen LogP) is 3.26. The van der Waals surface area contributed by atoms with Crippen molar-refractivity contribution in [2.75, 3.05) is 0 Å². The first-order valence-electron chi connectivity index (χ1n) is 6.41. The highest BCUT2D eigenvalue weighted by Crippen LogP contribution is 2.37. The maximum atomic E-state index is 12.0. The summed E-state index contributed by atoms with van der Waals surface area (Å²) in [5, 5.41) is 0. The van der Waals surface area contributed by atoms with Gasteiger partial charge >= 0.3 is 0 Å². The second-order valence-corrected chi connectivity index (χ2v) is 4.96. The fourth-order valence-electron chi connectivity index (χ4n) is 2.51. The van der Waals surface area contributed by atoms with E-state index in [1.165, 1.54) is 0 Å². The van der Waals surface area contributed by atoms with Crippen LogP contribution in [0.25, 0.3) is 0 Å². The summed E-state index contributed by atoms with van der Waals surface area (Å²) in [4.78, 5) is 12.0. The van der Waals surface area contributed by atoms with Crippen LogP contribution in [0, 0.1) is 5.92 Å². The highest BCUT2D eigenvalue weighted by molar-refractivity contribution is 5.87. The van der Waals surface area contributed by atoms with Gasteiger partial charge in [0.25, 0.3) is 0 Å². The average molecular weight is 233 g/mol. The second-order valence-electron chi connectivity index (χ2n) is 4.96. The Morgan fingerprint density at radius 1 is 1.29 bits per heavy atom. The molecule has 0 aliphatic rings. The lowest BCUT2D eigenvalue weighted by atomic mass is 9.68. The van der Waals surface area contributed by atoms with E-state index in [0.29, 0.717) is 0 Å². The van der Waals surface area contributed by atoms with Crippen LogP contribution < -0.4 is 5.73 Å². The van der Waals surface area contributed by atoms with Gasteiger partial charge in [0, 0.05) is 0 Å². The Morgan fingerprint density at radius 3 is 2.29 bits per heavy atom. The van der Waals surface area contributed by atoms with Gasteiger partial charge in [-0.15, -0.1) is 0 Å². The summed E-state index contributed by atoms with van der Waals surface area (Å²) < 4.78 is 0. The number of primary amides is 1. The fourth-order valence-corrected chi connectivity index (χ4v) is 2.51. The van der Waals surface area contributed by atoms with Crippen molar-refractivity contribution in [3.8, 4) is 0 Å². The zero-order valence-electron chi connectivity index (χ0n) is 11.1. The van der Waals surface area contributed by atoms with Crippen LogP contribution in [0.1, 0.15) is 45.6 Å². The molecule has 2 heteroatoms. The molecule has 1 amide bonds. The van der Waals surface area contributed by atoms with Crippen LogP contribution in [0.2, 0.25) is 0 Å². The van der Waals surface area contributed by atoms with Crippen molar-refractivity contribution < 1.29 is 4.79 Å². The van der Waals surface area contributed by atoms with Gasteiger partial charge in [0.1, 0.15) is 0 Å². The van der Waals surface area contributed by atoms with Gasteiger partial charge in [-0.1, -0.05) is 63.9 Å². The summed E-state index contributed by atoms with van der Waals surface area (Å²) in [5.74, 6) is 0.0149. The normalized spacial score (nSPS) is 14.6. The Hall–Kier alpha value is -1.31. The molecular formula is C15H23NO. The van der Waals surface area contributed by atoms with Gasteiger partial charge in [0.15, 0.2) is 0 Å². The van der Waals surface area contributed by atoms with E-state index >= 15 is 0 Å². The molecule has 1 unspecified atom stereocenters. The molecule has 0 heterocycles. The zero-order valence-corrected chi connectivity index (χ0v) is 11.1. The molecule has 0 fully saturated rings. The number of amides is 1. The van der Waals surface area contributed by atoms with Crippen molar-refractivity contribution >= 4 is 5.91 Å². The van der Waals surface area contributed by atoms with Crippen molar-refractivity contribution in [2.24, 2.45) is 11.7 Å². The lowest BCUT2D eigenvalue weighted by molar-refractivity contribution is -0.125. The van der Waals surface area contributed by atoms with Gasteiger partial charge in [0.2, 0.25) is 5.91 Å². The lowest BCUT2D eigenvalue weighted by Gasteiger charge is -2.35. The van der Waals surface area contributed by atoms with E-state index in [0.717, 1.165) is 24.8 Å². The maximum Gasteiger partial charge on any atom is 0.228 e. The summed E-state index contributed by atoms with van der Waals surface area (Å²) >= 11 is 0. The first-order valence-corrected chi connectivity index (χ1v) is 6.41. The Labute approximate surface area is 104 Å². The summed E-state index contributed by atoms with van der Waals surface area (Å²) in [7, 11) is 0. The minimum atomic E-state index is -0.517. The van der Waals surface area contributed by atoms with E-state index < -0.39 is 5.41 Å². The van der Waals surface area contributed by atoms with Crippen LogP contribution in [0.4, 0.5) is 0 Å². The summed E-state index contributed by atoms with van der Waals surface area (Å²) in [6, 6.07) is 9.94. The van der Waals surface area contributed by atoms with Gasteiger partial charge in [0.05, 0.1) is 5.41 Å². The molecule has 0 radical (unpaired) electrons. The quantitative estimate of drug-likeness (QED) is 0.805. The summed E-state index contributed by atoms with van der Waals surface area (Å²) in [6.07, 6.45) is 2.94. The van der Waals surface area contributed by atoms with E-state index in [1.54, 1.807) is 0 Å². The van der Waals surface area contributed by atoms with Gasteiger partial charge in [-0.3, -0.25) is 4.79 Å². The molecule has 1 rings (SSSR count). The number of nitrogens with two attached hydrogens (primary N) is 1. The lowest BCUT2D eigenvalue weighted by Crippen LogP contribution is -2.45.